The van der Waals surface area contributed by atoms with E-state index in [1.165, 1.54) is 18.2 Å². The van der Waals surface area contributed by atoms with Crippen LogP contribution in [0.3, 0.4) is 0 Å². The Kier molecular flexibility index (Phi) is 5.39. The molecule has 8 heteroatoms. The molecule has 0 saturated carbocycles. The first kappa shape index (κ1) is 19.1. The highest BCUT2D eigenvalue weighted by Crippen LogP contribution is 2.16. The molecular formula is C20H19FN4O3. The second kappa shape index (κ2) is 7.91. The van der Waals surface area contributed by atoms with Crippen molar-refractivity contribution in [2.75, 3.05) is 24.3 Å². The summed E-state index contributed by atoms with van der Waals surface area (Å²) < 4.78 is 14.7. The smallest absolute Gasteiger partial charge is 0.328 e. The van der Waals surface area contributed by atoms with Crippen LogP contribution < -0.4 is 21.5 Å². The van der Waals surface area contributed by atoms with Crippen molar-refractivity contribution in [3.8, 4) is 0 Å². The van der Waals surface area contributed by atoms with Crippen molar-refractivity contribution in [2.45, 2.75) is 6.54 Å². The van der Waals surface area contributed by atoms with Gasteiger partial charge in [-0.1, -0.05) is 18.2 Å². The van der Waals surface area contributed by atoms with Crippen LogP contribution >= 0.6 is 0 Å². The molecule has 1 amide bonds. The fourth-order valence-corrected chi connectivity index (χ4v) is 2.66. The molecule has 1 heterocycles. The predicted molar refractivity (Wildman–Crippen MR) is 106 cm³/mol. The lowest BCUT2D eigenvalue weighted by atomic mass is 10.2. The molecule has 0 aliphatic carbocycles. The van der Waals surface area contributed by atoms with E-state index in [1.807, 2.05) is 31.1 Å². The Labute approximate surface area is 160 Å². The molecule has 0 atom stereocenters. The molecule has 0 unspecified atom stereocenters. The summed E-state index contributed by atoms with van der Waals surface area (Å²) in [5, 5.41) is 2.62. The largest absolute Gasteiger partial charge is 0.378 e. The third-order valence-corrected chi connectivity index (χ3v) is 4.23. The third kappa shape index (κ3) is 4.01. The summed E-state index contributed by atoms with van der Waals surface area (Å²) in [6, 6.07) is 12.9. The summed E-state index contributed by atoms with van der Waals surface area (Å²) in [5.41, 5.74) is -0.134. The van der Waals surface area contributed by atoms with Crippen LogP contribution in [0.25, 0.3) is 0 Å². The maximum Gasteiger partial charge on any atom is 0.328 e. The maximum absolute atomic E-state index is 13.9. The van der Waals surface area contributed by atoms with E-state index in [4.69, 9.17) is 0 Å². The van der Waals surface area contributed by atoms with Gasteiger partial charge in [0, 0.05) is 37.2 Å². The van der Waals surface area contributed by atoms with Gasteiger partial charge in [-0.05, 0) is 30.3 Å². The van der Waals surface area contributed by atoms with Gasteiger partial charge in [0.2, 0.25) is 0 Å². The Morgan fingerprint density at radius 2 is 1.79 bits per heavy atom. The Morgan fingerprint density at radius 3 is 2.43 bits per heavy atom. The molecule has 2 aromatic carbocycles. The zero-order valence-corrected chi connectivity index (χ0v) is 15.4. The molecular weight excluding hydrogens is 363 g/mol. The van der Waals surface area contributed by atoms with Gasteiger partial charge in [-0.2, -0.15) is 0 Å². The van der Waals surface area contributed by atoms with Gasteiger partial charge in [-0.3, -0.25) is 14.2 Å². The zero-order chi connectivity index (χ0) is 20.3. The average molecular weight is 382 g/mol. The molecule has 0 bridgehead atoms. The van der Waals surface area contributed by atoms with Crippen LogP contribution in [0, 0.1) is 5.82 Å². The van der Waals surface area contributed by atoms with Gasteiger partial charge in [0.25, 0.3) is 11.5 Å². The highest BCUT2D eigenvalue weighted by Gasteiger charge is 2.16. The minimum Gasteiger partial charge on any atom is -0.378 e. The summed E-state index contributed by atoms with van der Waals surface area (Å²) in [5.74, 6) is -1.20. The number of hydrogen-bond donors (Lipinski definition) is 2. The molecule has 0 fully saturated rings. The molecule has 1 aromatic heterocycles. The molecule has 0 saturated heterocycles. The van der Waals surface area contributed by atoms with E-state index in [0.717, 1.165) is 16.5 Å². The number of halogens is 1. The predicted octanol–water partition coefficient (Wildman–Crippen LogP) is 2.04. The topological polar surface area (TPSA) is 87.2 Å². The van der Waals surface area contributed by atoms with E-state index < -0.39 is 23.0 Å². The minimum atomic E-state index is -0.797. The number of rotatable bonds is 5. The number of aromatic amines is 1. The van der Waals surface area contributed by atoms with E-state index in [1.54, 1.807) is 18.2 Å². The van der Waals surface area contributed by atoms with Crippen LogP contribution in [0.5, 0.6) is 0 Å². The molecule has 3 rings (SSSR count). The molecule has 2 N–H and O–H groups in total. The summed E-state index contributed by atoms with van der Waals surface area (Å²) in [6.45, 7) is -0.278. The van der Waals surface area contributed by atoms with Gasteiger partial charge >= 0.3 is 5.69 Å². The van der Waals surface area contributed by atoms with Crippen molar-refractivity contribution in [1.29, 1.82) is 0 Å². The van der Waals surface area contributed by atoms with Gasteiger partial charge in [-0.25, -0.2) is 9.18 Å². The Hall–Kier alpha value is -3.68. The SMILES string of the molecule is CN(C)c1ccc(NC(=O)c2c[nH]c(=O)n(Cc3ccccc3F)c2=O)cc1. The number of anilines is 2. The summed E-state index contributed by atoms with van der Waals surface area (Å²) in [4.78, 5) is 41.4. The van der Waals surface area contributed by atoms with Gasteiger partial charge in [0.1, 0.15) is 11.4 Å². The number of aromatic nitrogens is 2. The number of amides is 1. The Balaban J connectivity index is 1.88. The number of carbonyl (C=O) groups excluding carboxylic acids is 1. The van der Waals surface area contributed by atoms with Gasteiger partial charge in [0.15, 0.2) is 0 Å². The molecule has 3 aromatic rings. The van der Waals surface area contributed by atoms with E-state index in [2.05, 4.69) is 10.3 Å². The monoisotopic (exact) mass is 382 g/mol. The van der Waals surface area contributed by atoms with Crippen LogP contribution in [0.4, 0.5) is 15.8 Å². The lowest BCUT2D eigenvalue weighted by Gasteiger charge is -2.13. The number of H-pyrrole nitrogens is 1. The first-order valence-corrected chi connectivity index (χ1v) is 8.51. The van der Waals surface area contributed by atoms with E-state index in [9.17, 15) is 18.8 Å². The fraction of sp³-hybridized carbons (Fsp3) is 0.150. The second-order valence-corrected chi connectivity index (χ2v) is 6.39. The normalized spacial score (nSPS) is 10.5. The van der Waals surface area contributed by atoms with Crippen molar-refractivity contribution >= 4 is 17.3 Å². The lowest BCUT2D eigenvalue weighted by molar-refractivity contribution is 0.102. The van der Waals surface area contributed by atoms with Crippen LogP contribution in [0.15, 0.2) is 64.3 Å². The summed E-state index contributed by atoms with van der Waals surface area (Å²) in [7, 11) is 3.79. The minimum absolute atomic E-state index is 0.173. The van der Waals surface area contributed by atoms with Crippen LogP contribution in [-0.2, 0) is 6.54 Å². The number of carbonyl (C=O) groups is 1. The number of nitrogens with one attached hydrogen (secondary N) is 2. The number of nitrogens with zero attached hydrogens (tertiary/aromatic N) is 2. The van der Waals surface area contributed by atoms with E-state index in [0.29, 0.717) is 5.69 Å². The molecule has 0 radical (unpaired) electrons. The van der Waals surface area contributed by atoms with Crippen molar-refractivity contribution in [3.63, 3.8) is 0 Å². The van der Waals surface area contributed by atoms with E-state index >= 15 is 0 Å². The zero-order valence-electron chi connectivity index (χ0n) is 15.4. The van der Waals surface area contributed by atoms with Gasteiger partial charge in [0.05, 0.1) is 6.54 Å². The van der Waals surface area contributed by atoms with Crippen LogP contribution in [-0.4, -0.2) is 29.6 Å². The van der Waals surface area contributed by atoms with Crippen molar-refractivity contribution < 1.29 is 9.18 Å². The molecule has 0 aliphatic heterocycles. The Morgan fingerprint density at radius 1 is 1.11 bits per heavy atom. The standard InChI is InChI=1S/C20H19FN4O3/c1-24(2)15-9-7-14(8-10-15)23-18(26)16-11-22-20(28)25(19(16)27)12-13-5-3-4-6-17(13)21/h3-11H,12H2,1-2H3,(H,22,28)(H,23,26). The average Bonchev–Trinajstić information content (AvgIpc) is 2.66. The van der Waals surface area contributed by atoms with Crippen LogP contribution in [0.1, 0.15) is 15.9 Å². The fourth-order valence-electron chi connectivity index (χ4n) is 2.66. The summed E-state index contributed by atoms with van der Waals surface area (Å²) in [6.07, 6.45) is 1.06. The molecule has 144 valence electrons. The molecule has 0 spiro atoms. The molecule has 0 aliphatic rings. The van der Waals surface area contributed by atoms with Crippen molar-refractivity contribution in [2.24, 2.45) is 0 Å². The summed E-state index contributed by atoms with van der Waals surface area (Å²) >= 11 is 0. The highest BCUT2D eigenvalue weighted by molar-refractivity contribution is 6.03. The highest BCUT2D eigenvalue weighted by atomic mass is 19.1. The van der Waals surface area contributed by atoms with Crippen LogP contribution in [0.2, 0.25) is 0 Å². The molecule has 7 nitrogen and oxygen atoms in total. The second-order valence-electron chi connectivity index (χ2n) is 6.39. The Bertz CT molecular complexity index is 1120. The first-order valence-electron chi connectivity index (χ1n) is 8.51. The maximum atomic E-state index is 13.9. The first-order chi connectivity index (χ1) is 13.4. The number of hydrogen-bond acceptors (Lipinski definition) is 4. The van der Waals surface area contributed by atoms with Gasteiger partial charge in [-0.15, -0.1) is 0 Å². The third-order valence-electron chi connectivity index (χ3n) is 4.23. The van der Waals surface area contributed by atoms with E-state index in [-0.39, 0.29) is 17.7 Å². The van der Waals surface area contributed by atoms with Gasteiger partial charge < -0.3 is 15.2 Å². The molecule has 28 heavy (non-hydrogen) atoms. The van der Waals surface area contributed by atoms with Crippen molar-refractivity contribution in [3.05, 3.63) is 92.5 Å². The lowest BCUT2D eigenvalue weighted by Crippen LogP contribution is -2.39. The quantitative estimate of drug-likeness (QED) is 0.707. The number of benzene rings is 2. The van der Waals surface area contributed by atoms with Crippen molar-refractivity contribution in [1.82, 2.24) is 9.55 Å².